The van der Waals surface area contributed by atoms with Gasteiger partial charge in [0.05, 0.1) is 20.6 Å². The largest absolute Gasteiger partial charge is 0.508 e. The van der Waals surface area contributed by atoms with Crippen molar-refractivity contribution in [2.45, 2.75) is 139 Å². The molecule has 0 unspecified atom stereocenters. The second kappa shape index (κ2) is 15.4. The molecule has 0 amide bonds. The van der Waals surface area contributed by atoms with Gasteiger partial charge < -0.3 is 10.2 Å². The Morgan fingerprint density at radius 3 is 1.22 bits per heavy atom. The summed E-state index contributed by atoms with van der Waals surface area (Å²) >= 11 is 0. The summed E-state index contributed by atoms with van der Waals surface area (Å²) in [6.07, 6.45) is 21.7. The third-order valence-corrected chi connectivity index (χ3v) is 9.13. The minimum absolute atomic E-state index is 0.282. The van der Waals surface area contributed by atoms with E-state index in [0.717, 1.165) is 57.7 Å². The smallest absolute Gasteiger partial charge is 0.119 e. The van der Waals surface area contributed by atoms with Crippen LogP contribution < -0.4 is 0 Å². The van der Waals surface area contributed by atoms with Crippen molar-refractivity contribution in [1.82, 2.24) is 0 Å². The molecule has 36 heavy (non-hydrogen) atoms. The van der Waals surface area contributed by atoms with Gasteiger partial charge in [-0.3, -0.25) is 0 Å². The fourth-order valence-corrected chi connectivity index (χ4v) is 6.84. The molecule has 0 aromatic heterocycles. The molecule has 1 aliphatic rings. The summed E-state index contributed by atoms with van der Waals surface area (Å²) in [6.45, 7) is 4.49. The first-order chi connectivity index (χ1) is 17.6. The van der Waals surface area contributed by atoms with Crippen molar-refractivity contribution in [3.63, 3.8) is 0 Å². The first-order valence-electron chi connectivity index (χ1n) is 14.7. The molecule has 200 valence electrons. The monoisotopic (exact) mass is 512 g/mol. The molecular weight excluding hydrogens is 464 g/mol. The Morgan fingerprint density at radius 2 is 0.861 bits per heavy atom. The maximum Gasteiger partial charge on any atom is 0.119 e. The Morgan fingerprint density at radius 1 is 0.528 bits per heavy atom. The van der Waals surface area contributed by atoms with E-state index in [1.54, 1.807) is 12.1 Å². The number of aromatic hydroxyl groups is 2. The van der Waals surface area contributed by atoms with E-state index in [-0.39, 0.29) is 11.5 Å². The molecule has 0 saturated carbocycles. The topological polar surface area (TPSA) is 57.5 Å². The molecule has 0 spiro atoms. The summed E-state index contributed by atoms with van der Waals surface area (Å²) in [5, 5.41) is 21.4. The van der Waals surface area contributed by atoms with E-state index in [1.165, 1.54) is 89.9 Å². The molecule has 1 heterocycles. The van der Waals surface area contributed by atoms with Gasteiger partial charge in [0.2, 0.25) is 0 Å². The van der Waals surface area contributed by atoms with Crippen LogP contribution in [0.2, 0.25) is 0 Å². The average molecular weight is 513 g/mol. The summed E-state index contributed by atoms with van der Waals surface area (Å²) in [7, 11) is -1.26. The third-order valence-electron chi connectivity index (χ3n) is 7.65. The minimum atomic E-state index is -1.26. The van der Waals surface area contributed by atoms with Gasteiger partial charge in [0.15, 0.2) is 0 Å². The zero-order valence-electron chi connectivity index (χ0n) is 22.7. The number of benzene rings is 2. The lowest BCUT2D eigenvalue weighted by atomic mass is 9.97. The van der Waals surface area contributed by atoms with Crippen molar-refractivity contribution in [1.29, 1.82) is 0 Å². The predicted octanol–water partition coefficient (Wildman–Crippen LogP) is 9.61. The van der Waals surface area contributed by atoms with Gasteiger partial charge >= 0.3 is 0 Å². The average Bonchev–Trinajstić information content (AvgIpc) is 3.12. The Hall–Kier alpha value is -1.81. The molecule has 2 aromatic carbocycles. The van der Waals surface area contributed by atoms with E-state index in [9.17, 15) is 14.4 Å². The van der Waals surface area contributed by atoms with Gasteiger partial charge in [0.1, 0.15) is 11.5 Å². The highest BCUT2D eigenvalue weighted by atomic mass is 32.2. The van der Waals surface area contributed by atoms with E-state index in [1.807, 2.05) is 12.1 Å². The Balaban J connectivity index is 1.54. The quantitative estimate of drug-likeness (QED) is 0.167. The Kier molecular flexibility index (Phi) is 12.3. The lowest BCUT2D eigenvalue weighted by Gasteiger charge is -2.09. The molecule has 0 aliphatic carbocycles. The van der Waals surface area contributed by atoms with Gasteiger partial charge in [0, 0.05) is 11.1 Å². The van der Waals surface area contributed by atoms with Crippen LogP contribution >= 0.6 is 0 Å². The van der Waals surface area contributed by atoms with E-state index < -0.39 is 10.8 Å². The zero-order chi connectivity index (χ0) is 25.8. The standard InChI is InChI=1S/C32H48O3S/c1-3-5-7-9-11-13-15-17-19-25-21-31-27(23-29(25)33)28-24-30(34)26(22-32(28)36(31)35)20-18-16-14-12-10-8-6-4-2/h21-24,33-34H,3-20H2,1-2H3. The highest BCUT2D eigenvalue weighted by Crippen LogP contribution is 2.46. The highest BCUT2D eigenvalue weighted by molar-refractivity contribution is 7.85. The van der Waals surface area contributed by atoms with Gasteiger partial charge in [0.25, 0.3) is 0 Å². The molecule has 2 N–H and O–H groups in total. The molecule has 4 heteroatoms. The number of hydrogen-bond donors (Lipinski definition) is 2. The number of aryl methyl sites for hydroxylation is 2. The molecule has 0 bridgehead atoms. The van der Waals surface area contributed by atoms with Crippen LogP contribution in [-0.4, -0.2) is 14.4 Å². The number of phenols is 2. The van der Waals surface area contributed by atoms with Gasteiger partial charge in [-0.25, -0.2) is 4.21 Å². The van der Waals surface area contributed by atoms with E-state index in [2.05, 4.69) is 13.8 Å². The fraction of sp³-hybridized carbons (Fsp3) is 0.625. The van der Waals surface area contributed by atoms with Gasteiger partial charge in [-0.05, 0) is 61.1 Å². The molecule has 0 atom stereocenters. The van der Waals surface area contributed by atoms with E-state index in [4.69, 9.17) is 0 Å². The lowest BCUT2D eigenvalue weighted by Crippen LogP contribution is -1.93. The first-order valence-corrected chi connectivity index (χ1v) is 15.9. The predicted molar refractivity (Wildman–Crippen MR) is 153 cm³/mol. The van der Waals surface area contributed by atoms with Crippen LogP contribution in [0, 0.1) is 0 Å². The summed E-state index contributed by atoms with van der Waals surface area (Å²) in [6, 6.07) is 7.40. The zero-order valence-corrected chi connectivity index (χ0v) is 23.6. The maximum absolute atomic E-state index is 13.4. The van der Waals surface area contributed by atoms with Crippen molar-refractivity contribution < 1.29 is 14.4 Å². The first kappa shape index (κ1) is 28.8. The molecule has 0 radical (unpaired) electrons. The molecular formula is C32H48O3S. The summed E-state index contributed by atoms with van der Waals surface area (Å²) < 4.78 is 13.4. The van der Waals surface area contributed by atoms with Crippen molar-refractivity contribution in [2.75, 3.05) is 0 Å². The van der Waals surface area contributed by atoms with Crippen molar-refractivity contribution in [3.05, 3.63) is 35.4 Å². The number of phenolic OH excluding ortho intramolecular Hbond substituents is 2. The van der Waals surface area contributed by atoms with Crippen LogP contribution in [0.5, 0.6) is 11.5 Å². The summed E-state index contributed by atoms with van der Waals surface area (Å²) in [5.74, 6) is 0.563. The van der Waals surface area contributed by atoms with Gasteiger partial charge in [-0.2, -0.15) is 0 Å². The maximum atomic E-state index is 13.4. The second-order valence-electron chi connectivity index (χ2n) is 10.7. The van der Waals surface area contributed by atoms with Crippen molar-refractivity contribution >= 4 is 10.8 Å². The Labute approximate surface area is 222 Å². The second-order valence-corrected chi connectivity index (χ2v) is 12.1. The summed E-state index contributed by atoms with van der Waals surface area (Å²) in [4.78, 5) is 1.56. The van der Waals surface area contributed by atoms with Crippen LogP contribution in [0.1, 0.15) is 128 Å². The van der Waals surface area contributed by atoms with Gasteiger partial charge in [-0.15, -0.1) is 0 Å². The van der Waals surface area contributed by atoms with Gasteiger partial charge in [-0.1, -0.05) is 104 Å². The van der Waals surface area contributed by atoms with Crippen molar-refractivity contribution in [2.24, 2.45) is 0 Å². The van der Waals surface area contributed by atoms with Crippen LogP contribution in [0.15, 0.2) is 34.1 Å². The summed E-state index contributed by atoms with van der Waals surface area (Å²) in [5.41, 5.74) is 3.39. The van der Waals surface area contributed by atoms with Crippen LogP contribution in [-0.2, 0) is 23.6 Å². The van der Waals surface area contributed by atoms with Crippen molar-refractivity contribution in [3.8, 4) is 22.6 Å². The van der Waals surface area contributed by atoms with Crippen LogP contribution in [0.3, 0.4) is 0 Å². The molecule has 0 fully saturated rings. The number of unbranched alkanes of at least 4 members (excludes halogenated alkanes) is 14. The molecule has 3 nitrogen and oxygen atoms in total. The Bertz CT molecular complexity index is 904. The van der Waals surface area contributed by atoms with Crippen LogP contribution in [0.4, 0.5) is 0 Å². The fourth-order valence-electron chi connectivity index (χ4n) is 5.37. The van der Waals surface area contributed by atoms with E-state index >= 15 is 0 Å². The molecule has 0 saturated heterocycles. The third kappa shape index (κ3) is 8.10. The number of rotatable bonds is 18. The van der Waals surface area contributed by atoms with E-state index in [0.29, 0.717) is 0 Å². The number of fused-ring (bicyclic) bond motifs is 3. The lowest BCUT2D eigenvalue weighted by molar-refractivity contribution is 0.464. The highest BCUT2D eigenvalue weighted by Gasteiger charge is 2.28. The molecule has 3 rings (SSSR count). The SMILES string of the molecule is CCCCCCCCCCc1cc2c(cc1O)-c1cc(O)c(CCCCCCCCCC)cc1S2=O. The minimum Gasteiger partial charge on any atom is -0.508 e. The normalized spacial score (nSPS) is 12.7. The number of hydrogen-bond acceptors (Lipinski definition) is 3. The molecule has 1 aliphatic heterocycles. The molecule has 2 aromatic rings. The van der Waals surface area contributed by atoms with Crippen LogP contribution in [0.25, 0.3) is 11.1 Å².